The number of aromatic nitrogens is 1. The van der Waals surface area contributed by atoms with Crippen molar-refractivity contribution in [1.29, 1.82) is 0 Å². The number of nitrogens with zero attached hydrogens (tertiary/aromatic N) is 1. The lowest BCUT2D eigenvalue weighted by molar-refractivity contribution is 0.389. The minimum atomic E-state index is 0.638. The van der Waals surface area contributed by atoms with Crippen molar-refractivity contribution in [3.05, 3.63) is 29.6 Å². The molecule has 88 valence electrons. The van der Waals surface area contributed by atoms with Crippen LogP contribution >= 0.6 is 0 Å². The second-order valence-electron chi connectivity index (χ2n) is 5.30. The van der Waals surface area contributed by atoms with Crippen molar-refractivity contribution in [2.24, 2.45) is 5.92 Å². The Morgan fingerprint density at radius 3 is 2.38 bits per heavy atom. The van der Waals surface area contributed by atoms with Gasteiger partial charge in [0, 0.05) is 17.8 Å². The molecule has 1 heterocycles. The number of aryl methyl sites for hydroxylation is 1. The van der Waals surface area contributed by atoms with E-state index in [9.17, 15) is 0 Å². The third-order valence-electron chi connectivity index (χ3n) is 4.01. The maximum Gasteiger partial charge on any atom is 0.0434 e. The van der Waals surface area contributed by atoms with Crippen LogP contribution in [-0.4, -0.2) is 4.98 Å². The van der Waals surface area contributed by atoms with E-state index >= 15 is 0 Å². The lowest BCUT2D eigenvalue weighted by Crippen LogP contribution is -2.10. The lowest BCUT2D eigenvalue weighted by Gasteiger charge is -2.21. The number of hydrogen-bond acceptors (Lipinski definition) is 1. The van der Waals surface area contributed by atoms with Gasteiger partial charge in [0.25, 0.3) is 0 Å². The molecule has 1 unspecified atom stereocenters. The Bertz CT molecular complexity index is 307. The Morgan fingerprint density at radius 2 is 1.81 bits per heavy atom. The molecular weight excluding hydrogens is 194 g/mol. The molecule has 0 radical (unpaired) electrons. The van der Waals surface area contributed by atoms with Gasteiger partial charge in [-0.1, -0.05) is 38.7 Å². The Labute approximate surface area is 99.3 Å². The van der Waals surface area contributed by atoms with Gasteiger partial charge in [0.15, 0.2) is 0 Å². The third-order valence-corrected chi connectivity index (χ3v) is 4.01. The molecule has 0 aromatic carbocycles. The zero-order valence-corrected chi connectivity index (χ0v) is 10.6. The molecule has 1 saturated carbocycles. The molecule has 0 saturated heterocycles. The van der Waals surface area contributed by atoms with Crippen molar-refractivity contribution in [3.8, 4) is 0 Å². The summed E-state index contributed by atoms with van der Waals surface area (Å²) in [7, 11) is 0. The van der Waals surface area contributed by atoms with Crippen molar-refractivity contribution in [2.45, 2.75) is 58.3 Å². The Kier molecular flexibility index (Phi) is 3.98. The average Bonchev–Trinajstić information content (AvgIpc) is 2.57. The van der Waals surface area contributed by atoms with Crippen LogP contribution in [0.2, 0.25) is 0 Å². The second kappa shape index (κ2) is 5.47. The smallest absolute Gasteiger partial charge is 0.0434 e. The summed E-state index contributed by atoms with van der Waals surface area (Å²) < 4.78 is 0. The minimum absolute atomic E-state index is 0.638. The first kappa shape index (κ1) is 11.6. The Balaban J connectivity index is 2.04. The summed E-state index contributed by atoms with van der Waals surface area (Å²) in [6.45, 7) is 4.46. The highest BCUT2D eigenvalue weighted by Crippen LogP contribution is 2.33. The molecule has 1 atom stereocenters. The van der Waals surface area contributed by atoms with E-state index in [1.807, 2.05) is 6.20 Å². The van der Waals surface area contributed by atoms with E-state index in [2.05, 4.69) is 31.0 Å². The standard InChI is InChI=1S/C15H23N/c1-12-9-10-15(16-11-12)13(2)14-7-5-3-4-6-8-14/h9-11,13-14H,3-8H2,1-2H3. The van der Waals surface area contributed by atoms with Gasteiger partial charge in [0.2, 0.25) is 0 Å². The fourth-order valence-electron chi connectivity index (χ4n) is 2.80. The molecule has 0 amide bonds. The van der Waals surface area contributed by atoms with E-state index in [1.54, 1.807) is 0 Å². The lowest BCUT2D eigenvalue weighted by atomic mass is 9.85. The summed E-state index contributed by atoms with van der Waals surface area (Å²) in [5, 5.41) is 0. The molecule has 0 spiro atoms. The zero-order chi connectivity index (χ0) is 11.4. The van der Waals surface area contributed by atoms with Crippen LogP contribution in [0.5, 0.6) is 0 Å². The fourth-order valence-corrected chi connectivity index (χ4v) is 2.80. The summed E-state index contributed by atoms with van der Waals surface area (Å²) in [6.07, 6.45) is 10.5. The fraction of sp³-hybridized carbons (Fsp3) is 0.667. The van der Waals surface area contributed by atoms with Crippen LogP contribution < -0.4 is 0 Å². The molecule has 0 bridgehead atoms. The maximum absolute atomic E-state index is 4.58. The second-order valence-corrected chi connectivity index (χ2v) is 5.30. The molecular formula is C15H23N. The molecule has 1 aliphatic rings. The van der Waals surface area contributed by atoms with Gasteiger partial charge in [-0.15, -0.1) is 0 Å². The SMILES string of the molecule is Cc1ccc(C(C)C2CCCCCC2)nc1. The van der Waals surface area contributed by atoms with E-state index in [0.29, 0.717) is 5.92 Å². The van der Waals surface area contributed by atoms with Crippen molar-refractivity contribution < 1.29 is 0 Å². The Hall–Kier alpha value is -0.850. The first-order valence-electron chi connectivity index (χ1n) is 6.70. The number of hydrogen-bond donors (Lipinski definition) is 0. The van der Waals surface area contributed by atoms with E-state index < -0.39 is 0 Å². The van der Waals surface area contributed by atoms with Crippen LogP contribution in [0.15, 0.2) is 18.3 Å². The molecule has 1 fully saturated rings. The van der Waals surface area contributed by atoms with Gasteiger partial charge in [0.05, 0.1) is 0 Å². The van der Waals surface area contributed by atoms with Crippen LogP contribution in [0.1, 0.15) is 62.6 Å². The maximum atomic E-state index is 4.58. The predicted molar refractivity (Wildman–Crippen MR) is 68.6 cm³/mol. The van der Waals surface area contributed by atoms with Gasteiger partial charge in [-0.25, -0.2) is 0 Å². The predicted octanol–water partition coefficient (Wildman–Crippen LogP) is 4.46. The molecule has 0 aliphatic heterocycles. The summed E-state index contributed by atoms with van der Waals surface area (Å²) in [5.41, 5.74) is 2.55. The summed E-state index contributed by atoms with van der Waals surface area (Å²) >= 11 is 0. The average molecular weight is 217 g/mol. The van der Waals surface area contributed by atoms with E-state index in [4.69, 9.17) is 0 Å². The van der Waals surface area contributed by atoms with Gasteiger partial charge in [-0.05, 0) is 37.3 Å². The molecule has 1 aromatic heterocycles. The van der Waals surface area contributed by atoms with Gasteiger partial charge >= 0.3 is 0 Å². The van der Waals surface area contributed by atoms with Gasteiger partial charge in [-0.2, -0.15) is 0 Å². The molecule has 16 heavy (non-hydrogen) atoms. The zero-order valence-electron chi connectivity index (χ0n) is 10.6. The van der Waals surface area contributed by atoms with E-state index in [1.165, 1.54) is 49.8 Å². The summed E-state index contributed by atoms with van der Waals surface area (Å²) in [5.74, 6) is 1.50. The van der Waals surface area contributed by atoms with Crippen molar-refractivity contribution in [3.63, 3.8) is 0 Å². The van der Waals surface area contributed by atoms with Gasteiger partial charge in [0.1, 0.15) is 0 Å². The molecule has 1 aromatic rings. The number of pyridine rings is 1. The monoisotopic (exact) mass is 217 g/mol. The van der Waals surface area contributed by atoms with Crippen LogP contribution in [0.4, 0.5) is 0 Å². The molecule has 1 aliphatic carbocycles. The Morgan fingerprint density at radius 1 is 1.12 bits per heavy atom. The van der Waals surface area contributed by atoms with Crippen LogP contribution in [0.25, 0.3) is 0 Å². The highest BCUT2D eigenvalue weighted by Gasteiger charge is 2.20. The van der Waals surface area contributed by atoms with Crippen LogP contribution in [0.3, 0.4) is 0 Å². The first-order chi connectivity index (χ1) is 7.77. The van der Waals surface area contributed by atoms with Crippen molar-refractivity contribution in [2.75, 3.05) is 0 Å². The molecule has 1 nitrogen and oxygen atoms in total. The topological polar surface area (TPSA) is 12.9 Å². The van der Waals surface area contributed by atoms with E-state index in [-0.39, 0.29) is 0 Å². The summed E-state index contributed by atoms with van der Waals surface area (Å²) in [4.78, 5) is 4.58. The van der Waals surface area contributed by atoms with Crippen molar-refractivity contribution >= 4 is 0 Å². The molecule has 1 heteroatoms. The quantitative estimate of drug-likeness (QED) is 0.666. The largest absolute Gasteiger partial charge is 0.261 e. The highest BCUT2D eigenvalue weighted by atomic mass is 14.7. The van der Waals surface area contributed by atoms with Gasteiger partial charge < -0.3 is 0 Å². The highest BCUT2D eigenvalue weighted by molar-refractivity contribution is 5.15. The van der Waals surface area contributed by atoms with Crippen molar-refractivity contribution in [1.82, 2.24) is 4.98 Å². The van der Waals surface area contributed by atoms with Crippen LogP contribution in [0, 0.1) is 12.8 Å². The summed E-state index contributed by atoms with van der Waals surface area (Å²) in [6, 6.07) is 4.40. The first-order valence-corrected chi connectivity index (χ1v) is 6.70. The van der Waals surface area contributed by atoms with E-state index in [0.717, 1.165) is 5.92 Å². The normalized spacial score (nSPS) is 20.4. The number of rotatable bonds is 2. The van der Waals surface area contributed by atoms with Crippen LogP contribution in [-0.2, 0) is 0 Å². The molecule has 2 rings (SSSR count). The molecule has 0 N–H and O–H groups in total. The van der Waals surface area contributed by atoms with Gasteiger partial charge in [-0.3, -0.25) is 4.98 Å². The third kappa shape index (κ3) is 2.84. The minimum Gasteiger partial charge on any atom is -0.261 e.